The van der Waals surface area contributed by atoms with Crippen LogP contribution in [0.2, 0.25) is 0 Å². The fourth-order valence-electron chi connectivity index (χ4n) is 3.17. The lowest BCUT2D eigenvalue weighted by atomic mass is 9.98. The van der Waals surface area contributed by atoms with E-state index in [1.165, 1.54) is 0 Å². The van der Waals surface area contributed by atoms with Gasteiger partial charge >= 0.3 is 0 Å². The zero-order valence-corrected chi connectivity index (χ0v) is 11.2. The number of carbonyl (C=O) groups excluding carboxylic acids is 1. The van der Waals surface area contributed by atoms with Gasteiger partial charge in [-0.3, -0.25) is 9.69 Å². The molecule has 0 unspecified atom stereocenters. The van der Waals surface area contributed by atoms with E-state index in [1.54, 1.807) is 13.3 Å². The first-order chi connectivity index (χ1) is 9.28. The van der Waals surface area contributed by atoms with Gasteiger partial charge in [-0.25, -0.2) is 0 Å². The fourth-order valence-corrected chi connectivity index (χ4v) is 3.17. The molecule has 0 aromatic carbocycles. The van der Waals surface area contributed by atoms with Crippen LogP contribution in [0.25, 0.3) is 0 Å². The molecule has 3 atom stereocenters. The van der Waals surface area contributed by atoms with E-state index in [2.05, 4.69) is 10.2 Å². The summed E-state index contributed by atoms with van der Waals surface area (Å²) in [5, 5.41) is 2.67. The maximum absolute atomic E-state index is 11.6. The van der Waals surface area contributed by atoms with Crippen LogP contribution in [0, 0.1) is 0 Å². The minimum absolute atomic E-state index is 0.00272. The van der Waals surface area contributed by atoms with Gasteiger partial charge in [-0.1, -0.05) is 0 Å². The third kappa shape index (κ3) is 2.53. The van der Waals surface area contributed by atoms with Crippen LogP contribution in [0.15, 0.2) is 22.8 Å². The number of hydrogen-bond donors (Lipinski definition) is 1. The summed E-state index contributed by atoms with van der Waals surface area (Å²) in [5.74, 6) is 0.997. The summed E-state index contributed by atoms with van der Waals surface area (Å²) in [4.78, 5) is 14.0. The number of rotatable bonds is 3. The Morgan fingerprint density at radius 1 is 1.47 bits per heavy atom. The zero-order valence-electron chi connectivity index (χ0n) is 11.2. The summed E-state index contributed by atoms with van der Waals surface area (Å²) in [6, 6.07) is 4.35. The van der Waals surface area contributed by atoms with Gasteiger partial charge in [0.15, 0.2) is 0 Å². The number of fused-ring (bicyclic) bond motifs is 1. The molecule has 1 N–H and O–H groups in total. The van der Waals surface area contributed by atoms with Crippen molar-refractivity contribution in [2.24, 2.45) is 0 Å². The molecule has 1 aromatic heterocycles. The number of nitrogens with zero attached hydrogens (tertiary/aromatic N) is 1. The average Bonchev–Trinajstić information content (AvgIpc) is 3.08. The minimum atomic E-state index is -0.269. The lowest BCUT2D eigenvalue weighted by Gasteiger charge is -2.35. The number of amides is 1. The highest BCUT2D eigenvalue weighted by molar-refractivity contribution is 5.80. The van der Waals surface area contributed by atoms with Crippen LogP contribution >= 0.6 is 0 Å². The fraction of sp³-hybridized carbons (Fsp3) is 0.643. The van der Waals surface area contributed by atoms with Gasteiger partial charge in [0.25, 0.3) is 0 Å². The smallest absolute Gasteiger partial charge is 0.248 e. The number of likely N-dealkylation sites (N-methyl/N-ethyl adjacent to an activating group) is 1. The second-order valence-corrected chi connectivity index (χ2v) is 5.26. The highest BCUT2D eigenvalue weighted by Gasteiger charge is 2.41. The Morgan fingerprint density at radius 2 is 2.37 bits per heavy atom. The lowest BCUT2D eigenvalue weighted by molar-refractivity contribution is -0.143. The first-order valence-electron chi connectivity index (χ1n) is 6.91. The van der Waals surface area contributed by atoms with E-state index >= 15 is 0 Å². The summed E-state index contributed by atoms with van der Waals surface area (Å²) in [7, 11) is 1.66. The van der Waals surface area contributed by atoms with Crippen molar-refractivity contribution in [2.75, 3.05) is 13.6 Å². The molecule has 1 amide bonds. The van der Waals surface area contributed by atoms with Crippen LogP contribution in [0.3, 0.4) is 0 Å². The van der Waals surface area contributed by atoms with E-state index in [-0.39, 0.29) is 18.1 Å². The number of carbonyl (C=O) groups is 1. The van der Waals surface area contributed by atoms with E-state index in [0.29, 0.717) is 6.04 Å². The van der Waals surface area contributed by atoms with E-state index in [1.807, 2.05) is 12.1 Å². The molecule has 3 heterocycles. The molecule has 19 heavy (non-hydrogen) atoms. The van der Waals surface area contributed by atoms with E-state index < -0.39 is 0 Å². The standard InChI is InChI=1S/C14H20N2O3/c1-15-14(17)13-5-4-11-12(19-13)6-7-16(11)9-10-3-2-8-18-10/h2-3,8,11-13H,4-7,9H2,1H3,(H,15,17)/t11-,12-,13-/m1/s1. The number of nitrogens with one attached hydrogen (secondary N) is 1. The Bertz CT molecular complexity index is 432. The molecule has 2 fully saturated rings. The highest BCUT2D eigenvalue weighted by atomic mass is 16.5. The Labute approximate surface area is 112 Å². The van der Waals surface area contributed by atoms with Gasteiger partial charge < -0.3 is 14.5 Å². The topological polar surface area (TPSA) is 54.7 Å². The SMILES string of the molecule is CNC(=O)[C@H]1CC[C@@H]2[C@@H](CCN2Cc2ccco2)O1. The molecule has 0 spiro atoms. The summed E-state index contributed by atoms with van der Waals surface area (Å²) < 4.78 is 11.3. The summed E-state index contributed by atoms with van der Waals surface area (Å²) in [5.41, 5.74) is 0. The Hall–Kier alpha value is -1.33. The molecular weight excluding hydrogens is 244 g/mol. The van der Waals surface area contributed by atoms with Gasteiger partial charge in [-0.05, 0) is 31.4 Å². The average molecular weight is 264 g/mol. The molecule has 5 nitrogen and oxygen atoms in total. The molecule has 0 aliphatic carbocycles. The molecule has 2 aliphatic heterocycles. The molecule has 0 saturated carbocycles. The van der Waals surface area contributed by atoms with Crippen LogP contribution in [0.4, 0.5) is 0 Å². The van der Waals surface area contributed by atoms with Crippen LogP contribution in [-0.2, 0) is 16.1 Å². The Kier molecular flexibility index (Phi) is 3.57. The molecule has 0 radical (unpaired) electrons. The molecule has 0 bridgehead atoms. The third-order valence-electron chi connectivity index (χ3n) is 4.14. The van der Waals surface area contributed by atoms with E-state index in [0.717, 1.165) is 38.1 Å². The predicted octanol–water partition coefficient (Wildman–Crippen LogP) is 1.15. The highest BCUT2D eigenvalue weighted by Crippen LogP contribution is 2.32. The normalized spacial score (nSPS) is 31.1. The van der Waals surface area contributed by atoms with Crippen molar-refractivity contribution in [1.82, 2.24) is 10.2 Å². The molecular formula is C14H20N2O3. The third-order valence-corrected chi connectivity index (χ3v) is 4.14. The molecule has 1 aromatic rings. The van der Waals surface area contributed by atoms with E-state index in [4.69, 9.17) is 9.15 Å². The van der Waals surface area contributed by atoms with Gasteiger partial charge in [-0.2, -0.15) is 0 Å². The summed E-state index contributed by atoms with van der Waals surface area (Å²) in [6.45, 7) is 1.85. The molecule has 2 aliphatic rings. The van der Waals surface area contributed by atoms with Crippen LogP contribution in [0.5, 0.6) is 0 Å². The maximum Gasteiger partial charge on any atom is 0.248 e. The van der Waals surface area contributed by atoms with Gasteiger partial charge in [-0.15, -0.1) is 0 Å². The van der Waals surface area contributed by atoms with Crippen LogP contribution in [-0.4, -0.2) is 42.6 Å². The van der Waals surface area contributed by atoms with Gasteiger partial charge in [0.2, 0.25) is 5.91 Å². The first-order valence-corrected chi connectivity index (χ1v) is 6.91. The van der Waals surface area contributed by atoms with Crippen LogP contribution < -0.4 is 5.32 Å². The number of hydrogen-bond acceptors (Lipinski definition) is 4. The van der Waals surface area contributed by atoms with Gasteiger partial charge in [0.05, 0.1) is 18.9 Å². The summed E-state index contributed by atoms with van der Waals surface area (Å²) in [6.07, 6.45) is 4.44. The van der Waals surface area contributed by atoms with Crippen molar-refractivity contribution in [3.8, 4) is 0 Å². The lowest BCUT2D eigenvalue weighted by Crippen LogP contribution is -2.47. The van der Waals surface area contributed by atoms with Crippen molar-refractivity contribution in [1.29, 1.82) is 0 Å². The Balaban J connectivity index is 1.60. The van der Waals surface area contributed by atoms with Crippen molar-refractivity contribution >= 4 is 5.91 Å². The minimum Gasteiger partial charge on any atom is -0.468 e. The largest absolute Gasteiger partial charge is 0.468 e. The molecule has 3 rings (SSSR count). The zero-order chi connectivity index (χ0) is 13.2. The van der Waals surface area contributed by atoms with Crippen molar-refractivity contribution in [3.63, 3.8) is 0 Å². The molecule has 104 valence electrons. The van der Waals surface area contributed by atoms with Crippen molar-refractivity contribution in [3.05, 3.63) is 24.2 Å². The first kappa shape index (κ1) is 12.7. The van der Waals surface area contributed by atoms with Crippen molar-refractivity contribution in [2.45, 2.75) is 44.1 Å². The Morgan fingerprint density at radius 3 is 3.11 bits per heavy atom. The number of ether oxygens (including phenoxy) is 1. The van der Waals surface area contributed by atoms with Gasteiger partial charge in [0.1, 0.15) is 11.9 Å². The van der Waals surface area contributed by atoms with Crippen LogP contribution in [0.1, 0.15) is 25.0 Å². The predicted molar refractivity (Wildman–Crippen MR) is 69.5 cm³/mol. The number of furan rings is 1. The number of likely N-dealkylation sites (tertiary alicyclic amines) is 1. The van der Waals surface area contributed by atoms with Crippen molar-refractivity contribution < 1.29 is 13.9 Å². The van der Waals surface area contributed by atoms with E-state index in [9.17, 15) is 4.79 Å². The monoisotopic (exact) mass is 264 g/mol. The second kappa shape index (κ2) is 5.35. The second-order valence-electron chi connectivity index (χ2n) is 5.26. The quantitative estimate of drug-likeness (QED) is 0.889. The molecule has 5 heteroatoms. The molecule has 2 saturated heterocycles. The maximum atomic E-state index is 11.6. The summed E-state index contributed by atoms with van der Waals surface area (Å²) >= 11 is 0. The van der Waals surface area contributed by atoms with Gasteiger partial charge in [0, 0.05) is 19.6 Å².